The van der Waals surface area contributed by atoms with Crippen LogP contribution < -0.4 is 9.80 Å². The fraction of sp³-hybridized carbons (Fsp3) is 0.485. The van der Waals surface area contributed by atoms with E-state index in [0.717, 1.165) is 55.5 Å². The first-order valence-corrected chi connectivity index (χ1v) is 16.1. The van der Waals surface area contributed by atoms with Crippen LogP contribution in [0.4, 0.5) is 46.9 Å². The zero-order valence-electron chi connectivity index (χ0n) is 26.8. The van der Waals surface area contributed by atoms with E-state index in [-0.39, 0.29) is 59.3 Å². The highest BCUT2D eigenvalue weighted by Gasteiger charge is 2.39. The Morgan fingerprint density at radius 3 is 2.16 bits per heavy atom. The van der Waals surface area contributed by atoms with Gasteiger partial charge in [-0.25, -0.2) is 13.8 Å². The van der Waals surface area contributed by atoms with Crippen molar-refractivity contribution in [1.82, 2.24) is 25.2 Å². The zero-order chi connectivity index (χ0) is 36.0. The molecule has 0 radical (unpaired) electrons. The number of hydrogen-bond acceptors (Lipinski definition) is 7. The van der Waals surface area contributed by atoms with Crippen LogP contribution in [0.25, 0.3) is 10.9 Å². The summed E-state index contributed by atoms with van der Waals surface area (Å²) in [5.74, 6) is -2.47. The second-order valence-electron chi connectivity index (χ2n) is 13.1. The lowest BCUT2D eigenvalue weighted by molar-refractivity contribution is -0.143. The van der Waals surface area contributed by atoms with E-state index in [1.807, 2.05) is 0 Å². The molecule has 268 valence electrons. The predicted octanol–water partition coefficient (Wildman–Crippen LogP) is 7.53. The minimum atomic E-state index is -5.06. The molecule has 0 amide bonds. The van der Waals surface area contributed by atoms with Crippen LogP contribution in [0.15, 0.2) is 36.4 Å². The molecule has 1 N–H and O–H groups in total. The van der Waals surface area contributed by atoms with Crippen molar-refractivity contribution in [2.24, 2.45) is 18.9 Å². The Hall–Kier alpha value is -4.57. The monoisotopic (exact) mass is 711 g/mol. The smallest absolute Gasteiger partial charge is 0.416 e. The number of carboxylic acid groups (broad SMARTS) is 1. The summed E-state index contributed by atoms with van der Waals surface area (Å²) in [5, 5.41) is 21.4. The molecule has 9 nitrogen and oxygen atoms in total. The maximum absolute atomic E-state index is 14.4. The van der Waals surface area contributed by atoms with Crippen molar-refractivity contribution >= 4 is 28.6 Å². The van der Waals surface area contributed by atoms with E-state index in [1.165, 1.54) is 11.9 Å². The van der Waals surface area contributed by atoms with Crippen molar-refractivity contribution in [3.05, 3.63) is 70.3 Å². The van der Waals surface area contributed by atoms with E-state index >= 15 is 0 Å². The molecule has 50 heavy (non-hydrogen) atoms. The summed E-state index contributed by atoms with van der Waals surface area (Å²) in [4.78, 5) is 20.6. The van der Waals surface area contributed by atoms with E-state index in [2.05, 4.69) is 20.3 Å². The van der Waals surface area contributed by atoms with E-state index in [9.17, 15) is 45.0 Å². The van der Waals surface area contributed by atoms with Gasteiger partial charge in [-0.2, -0.15) is 31.1 Å². The lowest BCUT2D eigenvalue weighted by atomic mass is 9.76. The fourth-order valence-corrected chi connectivity index (χ4v) is 7.27. The number of anilines is 2. The number of aromatic nitrogens is 5. The van der Waals surface area contributed by atoms with Gasteiger partial charge in [0.15, 0.2) is 11.6 Å². The molecule has 2 aromatic heterocycles. The Labute approximate surface area is 280 Å². The number of alkyl halides is 6. The Kier molecular flexibility index (Phi) is 9.61. The standard InChI is InChI=1S/C33H33F8N7O2/c1-46-44-31(43-45-46)47(16-19-9-23(32(36,37)38)14-24(10-19)33(39,40)41)17-22-12-21-13-25(34)26(35)15-27(21)42-30(22)48-8-2-3-28(48)20-6-4-18(5-7-20)11-29(49)50/h9-10,12-15,18,20,28H,2-8,11,16-17H2,1H3,(H,49,50)/t18?,20?,28-/m1/s1. The molecule has 0 spiro atoms. The van der Waals surface area contributed by atoms with Gasteiger partial charge in [0.25, 0.3) is 5.95 Å². The Morgan fingerprint density at radius 1 is 0.900 bits per heavy atom. The minimum absolute atomic E-state index is 0.0179. The summed E-state index contributed by atoms with van der Waals surface area (Å²) in [6.45, 7) is -0.124. The summed E-state index contributed by atoms with van der Waals surface area (Å²) in [6, 6.07) is 4.83. The van der Waals surface area contributed by atoms with Crippen molar-refractivity contribution in [1.29, 1.82) is 0 Å². The van der Waals surface area contributed by atoms with Gasteiger partial charge in [-0.15, -0.1) is 5.10 Å². The molecule has 0 bridgehead atoms. The number of rotatable bonds is 9. The third kappa shape index (κ3) is 7.75. The average molecular weight is 712 g/mol. The van der Waals surface area contributed by atoms with E-state index in [0.29, 0.717) is 30.1 Å². The van der Waals surface area contributed by atoms with Crippen molar-refractivity contribution in [2.75, 3.05) is 16.3 Å². The number of aryl methyl sites for hydroxylation is 1. The molecule has 0 unspecified atom stereocenters. The molecule has 1 aliphatic carbocycles. The lowest BCUT2D eigenvalue weighted by Crippen LogP contribution is -2.39. The normalized spacial score (nSPS) is 20.1. The van der Waals surface area contributed by atoms with Gasteiger partial charge in [-0.05, 0) is 91.5 Å². The molecule has 6 rings (SSSR count). The molecular formula is C33H33F8N7O2. The molecule has 1 saturated carbocycles. The van der Waals surface area contributed by atoms with Crippen molar-refractivity contribution in [3.8, 4) is 0 Å². The van der Waals surface area contributed by atoms with Crippen LogP contribution >= 0.6 is 0 Å². The van der Waals surface area contributed by atoms with Crippen LogP contribution in [0.1, 0.15) is 67.2 Å². The Bertz CT molecular complexity index is 1840. The molecule has 1 saturated heterocycles. The zero-order valence-corrected chi connectivity index (χ0v) is 26.8. The summed E-state index contributed by atoms with van der Waals surface area (Å²) in [6.07, 6.45) is -5.37. The van der Waals surface area contributed by atoms with E-state index < -0.39 is 47.6 Å². The molecule has 2 aliphatic rings. The van der Waals surface area contributed by atoms with E-state index in [1.54, 1.807) is 6.07 Å². The van der Waals surface area contributed by atoms with Gasteiger partial charge >= 0.3 is 18.3 Å². The number of tetrazole rings is 1. The maximum atomic E-state index is 14.4. The van der Waals surface area contributed by atoms with Gasteiger partial charge in [0.1, 0.15) is 5.82 Å². The summed E-state index contributed by atoms with van der Waals surface area (Å²) in [5.41, 5.74) is -2.67. The number of halogens is 8. The van der Waals surface area contributed by atoms with Gasteiger partial charge in [0, 0.05) is 49.1 Å². The van der Waals surface area contributed by atoms with Crippen molar-refractivity contribution in [2.45, 2.75) is 76.4 Å². The number of carbonyl (C=O) groups is 1. The predicted molar refractivity (Wildman–Crippen MR) is 165 cm³/mol. The first kappa shape index (κ1) is 35.3. The third-order valence-corrected chi connectivity index (χ3v) is 9.55. The average Bonchev–Trinajstić information content (AvgIpc) is 3.70. The number of hydrogen-bond donors (Lipinski definition) is 1. The third-order valence-electron chi connectivity index (χ3n) is 9.55. The second-order valence-corrected chi connectivity index (χ2v) is 13.1. The van der Waals surface area contributed by atoms with E-state index in [4.69, 9.17) is 4.98 Å². The Balaban J connectivity index is 1.40. The first-order chi connectivity index (χ1) is 23.5. The van der Waals surface area contributed by atoms with Crippen LogP contribution in [-0.2, 0) is 37.3 Å². The largest absolute Gasteiger partial charge is 0.481 e. The Morgan fingerprint density at radius 2 is 1.56 bits per heavy atom. The maximum Gasteiger partial charge on any atom is 0.416 e. The number of fused-ring (bicyclic) bond motifs is 1. The van der Waals surface area contributed by atoms with Crippen molar-refractivity contribution in [3.63, 3.8) is 0 Å². The van der Waals surface area contributed by atoms with Crippen LogP contribution in [0.2, 0.25) is 0 Å². The first-order valence-electron chi connectivity index (χ1n) is 16.1. The molecule has 3 heterocycles. The van der Waals surface area contributed by atoms with Gasteiger partial charge in [-0.1, -0.05) is 5.10 Å². The number of nitrogens with zero attached hydrogens (tertiary/aromatic N) is 7. The number of pyridine rings is 1. The molecule has 2 fully saturated rings. The lowest BCUT2D eigenvalue weighted by Gasteiger charge is -2.38. The molecule has 1 atom stereocenters. The van der Waals surface area contributed by atoms with Crippen LogP contribution in [-0.4, -0.2) is 48.9 Å². The van der Waals surface area contributed by atoms with Gasteiger partial charge in [0.2, 0.25) is 0 Å². The highest BCUT2D eigenvalue weighted by molar-refractivity contribution is 5.82. The summed E-state index contributed by atoms with van der Waals surface area (Å²) >= 11 is 0. The molecule has 4 aromatic rings. The highest BCUT2D eigenvalue weighted by Crippen LogP contribution is 2.41. The molecule has 17 heteroatoms. The van der Waals surface area contributed by atoms with Gasteiger partial charge in [0.05, 0.1) is 23.7 Å². The van der Waals surface area contributed by atoms with Crippen LogP contribution in [0.5, 0.6) is 0 Å². The van der Waals surface area contributed by atoms with Crippen molar-refractivity contribution < 1.29 is 45.0 Å². The molecular weight excluding hydrogens is 678 g/mol. The van der Waals surface area contributed by atoms with Crippen LogP contribution in [0, 0.1) is 23.5 Å². The molecule has 1 aliphatic heterocycles. The number of carboxylic acids is 1. The SMILES string of the molecule is Cn1nnc(N(Cc2cc(C(F)(F)F)cc(C(F)(F)F)c2)Cc2cc3cc(F)c(F)cc3nc2N2CCC[C@@H]2C2CCC(CC(=O)O)CC2)n1. The van der Waals surface area contributed by atoms with Gasteiger partial charge in [-0.3, -0.25) is 4.79 Å². The summed E-state index contributed by atoms with van der Waals surface area (Å²) < 4.78 is 111. The van der Waals surface area contributed by atoms with Gasteiger partial charge < -0.3 is 14.9 Å². The second kappa shape index (κ2) is 13.6. The molecule has 2 aromatic carbocycles. The number of aliphatic carboxylic acids is 1. The summed E-state index contributed by atoms with van der Waals surface area (Å²) in [7, 11) is 1.45. The minimum Gasteiger partial charge on any atom is -0.481 e. The van der Waals surface area contributed by atoms with Crippen LogP contribution in [0.3, 0.4) is 0 Å². The highest BCUT2D eigenvalue weighted by atomic mass is 19.4. The number of benzene rings is 2. The fourth-order valence-electron chi connectivity index (χ4n) is 7.27. The topological polar surface area (TPSA) is 100 Å². The quantitative estimate of drug-likeness (QED) is 0.178.